The van der Waals surface area contributed by atoms with Crippen molar-refractivity contribution in [3.05, 3.63) is 0 Å². The summed E-state index contributed by atoms with van der Waals surface area (Å²) in [7, 11) is 0. The van der Waals surface area contributed by atoms with Gasteiger partial charge < -0.3 is 4.74 Å². The van der Waals surface area contributed by atoms with Gasteiger partial charge in [-0.3, -0.25) is 4.79 Å². The average molecular weight is 210 g/mol. The Morgan fingerprint density at radius 2 is 2.13 bits per heavy atom. The normalized spacial score (nSPS) is 37.5. The summed E-state index contributed by atoms with van der Waals surface area (Å²) in [4.78, 5) is 12.0. The molecule has 0 amide bonds. The molecule has 86 valence electrons. The van der Waals surface area contributed by atoms with E-state index >= 15 is 0 Å². The van der Waals surface area contributed by atoms with Gasteiger partial charge in [0.2, 0.25) is 0 Å². The van der Waals surface area contributed by atoms with Gasteiger partial charge in [-0.05, 0) is 37.0 Å². The van der Waals surface area contributed by atoms with E-state index in [1.54, 1.807) is 0 Å². The molecule has 0 aromatic heterocycles. The fourth-order valence-corrected chi connectivity index (χ4v) is 2.96. The summed E-state index contributed by atoms with van der Waals surface area (Å²) >= 11 is 0. The SMILES string of the molecule is CC(C)(C)[C@H]1CCC(=O)[C@@]2(CCCO2)C1. The van der Waals surface area contributed by atoms with E-state index in [1.165, 1.54) is 0 Å². The van der Waals surface area contributed by atoms with E-state index in [2.05, 4.69) is 20.8 Å². The van der Waals surface area contributed by atoms with Gasteiger partial charge in [0, 0.05) is 13.0 Å². The van der Waals surface area contributed by atoms with Crippen LogP contribution in [0.1, 0.15) is 52.9 Å². The van der Waals surface area contributed by atoms with Crippen molar-refractivity contribution in [1.29, 1.82) is 0 Å². The fourth-order valence-electron chi connectivity index (χ4n) is 2.96. The average Bonchev–Trinajstić information content (AvgIpc) is 2.58. The Morgan fingerprint density at radius 1 is 1.40 bits per heavy atom. The van der Waals surface area contributed by atoms with E-state index in [9.17, 15) is 4.79 Å². The first-order valence-electron chi connectivity index (χ1n) is 6.11. The number of rotatable bonds is 0. The van der Waals surface area contributed by atoms with Crippen LogP contribution in [0, 0.1) is 11.3 Å². The molecule has 2 aliphatic rings. The molecule has 1 spiro atoms. The molecule has 0 N–H and O–H groups in total. The predicted molar refractivity (Wildman–Crippen MR) is 59.7 cm³/mol. The molecule has 2 atom stereocenters. The Balaban J connectivity index is 2.14. The molecule has 1 saturated carbocycles. The molecule has 2 heteroatoms. The first-order chi connectivity index (χ1) is 6.94. The molecule has 1 saturated heterocycles. The zero-order valence-electron chi connectivity index (χ0n) is 10.1. The van der Waals surface area contributed by atoms with Crippen molar-refractivity contribution in [3.63, 3.8) is 0 Å². The summed E-state index contributed by atoms with van der Waals surface area (Å²) < 4.78 is 5.77. The molecule has 2 nitrogen and oxygen atoms in total. The number of carbonyl (C=O) groups excluding carboxylic acids is 1. The summed E-state index contributed by atoms with van der Waals surface area (Å²) in [6.07, 6.45) is 4.74. The van der Waals surface area contributed by atoms with Crippen molar-refractivity contribution in [1.82, 2.24) is 0 Å². The maximum absolute atomic E-state index is 12.0. The highest BCUT2D eigenvalue weighted by molar-refractivity contribution is 5.88. The lowest BCUT2D eigenvalue weighted by atomic mass is 9.66. The third kappa shape index (κ3) is 1.96. The van der Waals surface area contributed by atoms with Gasteiger partial charge in [0.25, 0.3) is 0 Å². The lowest BCUT2D eigenvalue weighted by Crippen LogP contribution is -2.46. The standard InChI is InChI=1S/C13H22O2/c1-12(2,3)10-5-6-11(14)13(9-10)7-4-8-15-13/h10H,4-9H2,1-3H3/t10-,13+/m0/s1. The molecule has 1 heterocycles. The minimum atomic E-state index is -0.379. The van der Waals surface area contributed by atoms with Crippen molar-refractivity contribution in [2.45, 2.75) is 58.5 Å². The van der Waals surface area contributed by atoms with Gasteiger partial charge in [-0.15, -0.1) is 0 Å². The number of hydrogen-bond donors (Lipinski definition) is 0. The van der Waals surface area contributed by atoms with Crippen LogP contribution in [0.2, 0.25) is 0 Å². The van der Waals surface area contributed by atoms with E-state index < -0.39 is 0 Å². The number of hydrogen-bond acceptors (Lipinski definition) is 2. The Kier molecular flexibility index (Phi) is 2.66. The third-order valence-electron chi connectivity index (χ3n) is 4.13. The van der Waals surface area contributed by atoms with Crippen molar-refractivity contribution in [2.24, 2.45) is 11.3 Å². The molecular formula is C13H22O2. The van der Waals surface area contributed by atoms with E-state index in [1.807, 2.05) is 0 Å². The van der Waals surface area contributed by atoms with Crippen LogP contribution in [-0.2, 0) is 9.53 Å². The Labute approximate surface area is 92.4 Å². The predicted octanol–water partition coefficient (Wildman–Crippen LogP) is 2.95. The van der Waals surface area contributed by atoms with Crippen LogP contribution in [0.15, 0.2) is 0 Å². The molecule has 0 aromatic carbocycles. The second-order valence-corrected chi connectivity index (χ2v) is 6.18. The minimum absolute atomic E-state index is 0.305. The molecular weight excluding hydrogens is 188 g/mol. The summed E-state index contributed by atoms with van der Waals surface area (Å²) in [6, 6.07) is 0. The highest BCUT2D eigenvalue weighted by atomic mass is 16.5. The Bertz CT molecular complexity index is 256. The Morgan fingerprint density at radius 3 is 2.67 bits per heavy atom. The van der Waals surface area contributed by atoms with Crippen molar-refractivity contribution in [2.75, 3.05) is 6.61 Å². The molecule has 0 unspecified atom stereocenters. The number of ketones is 1. The van der Waals surface area contributed by atoms with E-state index in [-0.39, 0.29) is 5.60 Å². The smallest absolute Gasteiger partial charge is 0.164 e. The maximum atomic E-state index is 12.0. The quantitative estimate of drug-likeness (QED) is 0.614. The largest absolute Gasteiger partial charge is 0.367 e. The highest BCUT2D eigenvalue weighted by Gasteiger charge is 2.48. The van der Waals surface area contributed by atoms with Crippen molar-refractivity contribution in [3.8, 4) is 0 Å². The highest BCUT2D eigenvalue weighted by Crippen LogP contribution is 2.45. The number of Topliss-reactive ketones (excluding diaryl/α,β-unsaturated/α-hetero) is 1. The van der Waals surface area contributed by atoms with E-state index in [0.717, 1.165) is 38.7 Å². The van der Waals surface area contributed by atoms with Gasteiger partial charge >= 0.3 is 0 Å². The summed E-state index contributed by atoms with van der Waals surface area (Å²) in [5.41, 5.74) is -0.0736. The second kappa shape index (κ2) is 3.58. The second-order valence-electron chi connectivity index (χ2n) is 6.18. The molecule has 2 fully saturated rings. The fraction of sp³-hybridized carbons (Fsp3) is 0.923. The molecule has 2 rings (SSSR count). The van der Waals surface area contributed by atoms with Crippen LogP contribution in [0.3, 0.4) is 0 Å². The maximum Gasteiger partial charge on any atom is 0.164 e. The van der Waals surface area contributed by atoms with Gasteiger partial charge in [-0.25, -0.2) is 0 Å². The first kappa shape index (κ1) is 11.1. The van der Waals surface area contributed by atoms with Gasteiger partial charge in [0.15, 0.2) is 5.78 Å². The first-order valence-corrected chi connectivity index (χ1v) is 6.11. The van der Waals surface area contributed by atoms with Crippen molar-refractivity contribution >= 4 is 5.78 Å². The zero-order chi connectivity index (χ0) is 11.1. The van der Waals surface area contributed by atoms with Crippen LogP contribution in [0.5, 0.6) is 0 Å². The Hall–Kier alpha value is -0.370. The summed E-state index contributed by atoms with van der Waals surface area (Å²) in [6.45, 7) is 7.60. The third-order valence-corrected chi connectivity index (χ3v) is 4.13. The number of ether oxygens (including phenoxy) is 1. The molecule has 0 radical (unpaired) electrons. The van der Waals surface area contributed by atoms with Crippen molar-refractivity contribution < 1.29 is 9.53 Å². The molecule has 15 heavy (non-hydrogen) atoms. The molecule has 1 aliphatic heterocycles. The summed E-state index contributed by atoms with van der Waals surface area (Å²) in [5, 5.41) is 0. The van der Waals surface area contributed by atoms with Gasteiger partial charge in [0.1, 0.15) is 5.60 Å². The van der Waals surface area contributed by atoms with Crippen LogP contribution in [0.4, 0.5) is 0 Å². The van der Waals surface area contributed by atoms with Crippen LogP contribution >= 0.6 is 0 Å². The number of carbonyl (C=O) groups is 1. The van der Waals surface area contributed by atoms with E-state index in [4.69, 9.17) is 4.74 Å². The lowest BCUT2D eigenvalue weighted by Gasteiger charge is -2.41. The molecule has 0 aromatic rings. The van der Waals surface area contributed by atoms with Crippen LogP contribution in [0.25, 0.3) is 0 Å². The zero-order valence-corrected chi connectivity index (χ0v) is 10.1. The molecule has 1 aliphatic carbocycles. The summed E-state index contributed by atoms with van der Waals surface area (Å²) in [5.74, 6) is 0.994. The van der Waals surface area contributed by atoms with Gasteiger partial charge in [-0.1, -0.05) is 20.8 Å². The van der Waals surface area contributed by atoms with Crippen LogP contribution < -0.4 is 0 Å². The van der Waals surface area contributed by atoms with E-state index in [0.29, 0.717) is 17.1 Å². The topological polar surface area (TPSA) is 26.3 Å². The minimum Gasteiger partial charge on any atom is -0.367 e. The van der Waals surface area contributed by atoms with Gasteiger partial charge in [0.05, 0.1) is 0 Å². The van der Waals surface area contributed by atoms with Gasteiger partial charge in [-0.2, -0.15) is 0 Å². The lowest BCUT2D eigenvalue weighted by molar-refractivity contribution is -0.147. The monoisotopic (exact) mass is 210 g/mol. The van der Waals surface area contributed by atoms with Crippen LogP contribution in [-0.4, -0.2) is 18.0 Å². The molecule has 0 bridgehead atoms.